The average Bonchev–Trinajstić information content (AvgIpc) is 1.68. The molecule has 0 aromatic carbocycles. The smallest absolute Gasteiger partial charge is 0.375 e. The van der Waals surface area contributed by atoms with Gasteiger partial charge in [0.1, 0.15) is 0 Å². The number of halogens is 2. The summed E-state index contributed by atoms with van der Waals surface area (Å²) in [7, 11) is 0.118. The zero-order chi connectivity index (χ0) is 5.91. The first-order valence-corrected chi connectivity index (χ1v) is 5.44. The van der Waals surface area contributed by atoms with E-state index in [0.717, 1.165) is 0 Å². The van der Waals surface area contributed by atoms with E-state index in [-0.39, 0.29) is 0 Å². The highest BCUT2D eigenvalue weighted by molar-refractivity contribution is 7.39. The molecule has 5 heteroatoms. The van der Waals surface area contributed by atoms with Crippen LogP contribution in [0.1, 0.15) is 0 Å². The number of hydrogen-bond acceptors (Lipinski definition) is 2. The minimum Gasteiger partial charge on any atom is -0.375 e. The molecule has 0 rings (SSSR count). The highest BCUT2D eigenvalue weighted by atomic mass is 35.7. The third-order valence-corrected chi connectivity index (χ3v) is 3.28. The van der Waals surface area contributed by atoms with Crippen LogP contribution in [0.15, 0.2) is 0 Å². The van der Waals surface area contributed by atoms with Gasteiger partial charge in [-0.25, -0.2) is 0 Å². The largest absolute Gasteiger partial charge is 0.550 e. The van der Waals surface area contributed by atoms with Gasteiger partial charge in [-0.2, -0.15) is 0 Å². The van der Waals surface area contributed by atoms with Crippen LogP contribution in [0.3, 0.4) is 0 Å². The maximum atomic E-state index is 5.36. The molecular weight excluding hydrogens is 155 g/mol. The Bertz CT molecular complexity index is 51.7. The van der Waals surface area contributed by atoms with Crippen LogP contribution in [0.25, 0.3) is 0 Å². The molecule has 0 fully saturated rings. The molecule has 0 radical (unpaired) electrons. The van der Waals surface area contributed by atoms with Gasteiger partial charge in [-0.1, -0.05) is 22.2 Å². The van der Waals surface area contributed by atoms with Crippen molar-refractivity contribution in [3.63, 3.8) is 0 Å². The second-order valence-electron chi connectivity index (χ2n) is 0.872. The minimum atomic E-state index is -2.71. The van der Waals surface area contributed by atoms with Crippen molar-refractivity contribution < 1.29 is 8.85 Å². The lowest BCUT2D eigenvalue weighted by Crippen LogP contribution is -2.25. The van der Waals surface area contributed by atoms with E-state index in [1.165, 1.54) is 14.2 Å². The quantitative estimate of drug-likeness (QED) is 0.447. The average molecular weight is 161 g/mol. The zero-order valence-corrected chi connectivity index (χ0v) is 6.58. The van der Waals surface area contributed by atoms with E-state index in [9.17, 15) is 0 Å². The first-order chi connectivity index (χ1) is 3.12. The van der Waals surface area contributed by atoms with Crippen LogP contribution in [0.2, 0.25) is 0 Å². The molecule has 0 aromatic rings. The molecule has 0 aromatic heterocycles. The summed E-state index contributed by atoms with van der Waals surface area (Å²) in [5.41, 5.74) is 0. The van der Waals surface area contributed by atoms with Crippen LogP contribution in [0.5, 0.6) is 0 Å². The third kappa shape index (κ3) is 3.31. The molecule has 0 spiro atoms. The topological polar surface area (TPSA) is 18.5 Å². The van der Waals surface area contributed by atoms with Crippen molar-refractivity contribution in [3.05, 3.63) is 0 Å². The predicted octanol–water partition coefficient (Wildman–Crippen LogP) is 1.19. The van der Waals surface area contributed by atoms with Crippen LogP contribution in [0.4, 0.5) is 0 Å². The second kappa shape index (κ2) is 2.89. The van der Waals surface area contributed by atoms with E-state index in [1.807, 2.05) is 0 Å². The molecule has 2 nitrogen and oxygen atoms in total. The fourth-order valence-corrected chi connectivity index (χ4v) is 0.250. The summed E-state index contributed by atoms with van der Waals surface area (Å²) in [5, 5.41) is 0. The van der Waals surface area contributed by atoms with Gasteiger partial charge in [0.25, 0.3) is 0 Å². The Morgan fingerprint density at radius 2 is 1.43 bits per heavy atom. The monoisotopic (exact) mass is 160 g/mol. The van der Waals surface area contributed by atoms with Gasteiger partial charge in [-0.05, 0) is 0 Å². The molecule has 0 aliphatic carbocycles. The molecule has 0 unspecified atom stereocenters. The maximum Gasteiger partial charge on any atom is 0.550 e. The molecule has 0 saturated carbocycles. The van der Waals surface area contributed by atoms with E-state index in [1.54, 1.807) is 0 Å². The first-order valence-electron chi connectivity index (χ1n) is 1.60. The number of hydrogen-bond donors (Lipinski definition) is 0. The molecule has 0 aliphatic heterocycles. The molecule has 7 heavy (non-hydrogen) atoms. The summed E-state index contributed by atoms with van der Waals surface area (Å²) in [6, 6.07) is 0. The Labute approximate surface area is 53.0 Å². The summed E-state index contributed by atoms with van der Waals surface area (Å²) in [6.07, 6.45) is 0. The normalized spacial score (nSPS) is 12.0. The Kier molecular flexibility index (Phi) is 3.18. The lowest BCUT2D eigenvalue weighted by Gasteiger charge is -2.08. The molecule has 0 bridgehead atoms. The molecule has 0 heterocycles. The third-order valence-electron chi connectivity index (χ3n) is 0.475. The minimum absolute atomic E-state index is 1.41. The van der Waals surface area contributed by atoms with E-state index < -0.39 is 7.18 Å². The predicted molar refractivity (Wildman–Crippen MR) is 31.5 cm³/mol. The Morgan fingerprint density at radius 3 is 1.43 bits per heavy atom. The molecule has 0 atom stereocenters. The zero-order valence-electron chi connectivity index (χ0n) is 4.07. The van der Waals surface area contributed by atoms with E-state index in [2.05, 4.69) is 8.85 Å². The van der Waals surface area contributed by atoms with Crippen molar-refractivity contribution >= 4 is 29.3 Å². The fourth-order valence-electron chi connectivity index (χ4n) is 0.0833. The first kappa shape index (κ1) is 7.72. The van der Waals surface area contributed by atoms with Crippen LogP contribution in [-0.4, -0.2) is 21.4 Å². The summed E-state index contributed by atoms with van der Waals surface area (Å²) in [6.45, 7) is 0. The van der Waals surface area contributed by atoms with Crippen molar-refractivity contribution in [1.82, 2.24) is 0 Å². The Balaban J connectivity index is 3.36. The van der Waals surface area contributed by atoms with E-state index >= 15 is 0 Å². The van der Waals surface area contributed by atoms with Gasteiger partial charge < -0.3 is 8.85 Å². The van der Waals surface area contributed by atoms with Crippen molar-refractivity contribution in [2.75, 3.05) is 14.2 Å². The van der Waals surface area contributed by atoms with E-state index in [4.69, 9.17) is 22.2 Å². The SMILES string of the molecule is CO[Si](Cl)(Cl)OC. The molecular formula is C2H6Cl2O2Si. The van der Waals surface area contributed by atoms with Crippen LogP contribution < -0.4 is 0 Å². The standard InChI is InChI=1S/C2H6Cl2O2Si/c1-5-7(3,4)6-2/h1-2H3. The molecule has 0 aliphatic rings. The van der Waals surface area contributed by atoms with Crippen LogP contribution >= 0.6 is 22.2 Å². The Hall–Kier alpha value is 0.717. The summed E-state index contributed by atoms with van der Waals surface area (Å²) in [5.74, 6) is 0. The van der Waals surface area contributed by atoms with Gasteiger partial charge in [0.15, 0.2) is 0 Å². The molecule has 0 amide bonds. The summed E-state index contributed by atoms with van der Waals surface area (Å²) >= 11 is 10.7. The summed E-state index contributed by atoms with van der Waals surface area (Å²) < 4.78 is 9.07. The van der Waals surface area contributed by atoms with Gasteiger partial charge in [0.05, 0.1) is 0 Å². The number of rotatable bonds is 2. The van der Waals surface area contributed by atoms with Crippen molar-refractivity contribution in [2.45, 2.75) is 0 Å². The van der Waals surface area contributed by atoms with Gasteiger partial charge in [0, 0.05) is 14.2 Å². The van der Waals surface area contributed by atoms with Crippen LogP contribution in [0, 0.1) is 0 Å². The van der Waals surface area contributed by atoms with Gasteiger partial charge in [-0.15, -0.1) is 0 Å². The Morgan fingerprint density at radius 1 is 1.14 bits per heavy atom. The van der Waals surface area contributed by atoms with Gasteiger partial charge in [-0.3, -0.25) is 0 Å². The lowest BCUT2D eigenvalue weighted by atomic mass is 11.8. The molecule has 0 N–H and O–H groups in total. The second-order valence-corrected chi connectivity index (χ2v) is 6.18. The van der Waals surface area contributed by atoms with Gasteiger partial charge >= 0.3 is 7.18 Å². The van der Waals surface area contributed by atoms with E-state index in [0.29, 0.717) is 0 Å². The maximum absolute atomic E-state index is 5.36. The fraction of sp³-hybridized carbons (Fsp3) is 1.00. The highest BCUT2D eigenvalue weighted by Crippen LogP contribution is 2.14. The van der Waals surface area contributed by atoms with Crippen molar-refractivity contribution in [3.8, 4) is 0 Å². The van der Waals surface area contributed by atoms with Crippen LogP contribution in [-0.2, 0) is 8.85 Å². The molecule has 0 saturated heterocycles. The summed E-state index contributed by atoms with van der Waals surface area (Å²) in [4.78, 5) is 0. The highest BCUT2D eigenvalue weighted by Gasteiger charge is 2.29. The molecule has 44 valence electrons. The van der Waals surface area contributed by atoms with Crippen molar-refractivity contribution in [1.29, 1.82) is 0 Å². The lowest BCUT2D eigenvalue weighted by molar-refractivity contribution is 0.288. The van der Waals surface area contributed by atoms with Crippen molar-refractivity contribution in [2.24, 2.45) is 0 Å². The van der Waals surface area contributed by atoms with Gasteiger partial charge in [0.2, 0.25) is 0 Å².